The van der Waals surface area contributed by atoms with Gasteiger partial charge in [0.15, 0.2) is 0 Å². The fourth-order valence-electron chi connectivity index (χ4n) is 3.11. The molecule has 120 valence electrons. The molecule has 0 aromatic carbocycles. The Morgan fingerprint density at radius 2 is 2.05 bits per heavy atom. The third-order valence-electron chi connectivity index (χ3n) is 4.50. The van der Waals surface area contributed by atoms with E-state index in [9.17, 15) is 8.42 Å². The lowest BCUT2D eigenvalue weighted by Gasteiger charge is -2.35. The van der Waals surface area contributed by atoms with E-state index < -0.39 is 10.0 Å². The third-order valence-corrected chi connectivity index (χ3v) is 8.07. The predicted molar refractivity (Wildman–Crippen MR) is 88.2 cm³/mol. The number of aryl methyl sites for hydroxylation is 1. The number of nitrogens with one attached hydrogen (secondary N) is 1. The summed E-state index contributed by atoms with van der Waals surface area (Å²) < 4.78 is 27.8. The summed E-state index contributed by atoms with van der Waals surface area (Å²) >= 11 is 1.39. The molecule has 1 fully saturated rings. The first-order chi connectivity index (χ1) is 9.87. The molecule has 6 heteroatoms. The lowest BCUT2D eigenvalue weighted by Crippen LogP contribution is -2.42. The maximum atomic E-state index is 12.9. The molecule has 4 nitrogen and oxygen atoms in total. The summed E-state index contributed by atoms with van der Waals surface area (Å²) in [5.74, 6) is 0.441. The van der Waals surface area contributed by atoms with Crippen LogP contribution in [0.4, 0.5) is 0 Å². The van der Waals surface area contributed by atoms with Crippen molar-refractivity contribution in [1.29, 1.82) is 0 Å². The monoisotopic (exact) mass is 330 g/mol. The fraction of sp³-hybridized carbons (Fsp3) is 0.733. The van der Waals surface area contributed by atoms with Crippen LogP contribution in [0.1, 0.15) is 43.0 Å². The van der Waals surface area contributed by atoms with E-state index in [2.05, 4.69) is 12.2 Å². The van der Waals surface area contributed by atoms with Crippen LogP contribution in [0.2, 0.25) is 0 Å². The molecule has 1 aromatic rings. The van der Waals surface area contributed by atoms with Crippen molar-refractivity contribution >= 4 is 21.4 Å². The lowest BCUT2D eigenvalue weighted by atomic mass is 9.86. The first-order valence-corrected chi connectivity index (χ1v) is 9.85. The number of rotatable bonds is 5. The molecule has 1 aliphatic carbocycles. The largest absolute Gasteiger partial charge is 0.315 e. The van der Waals surface area contributed by atoms with Gasteiger partial charge in [-0.3, -0.25) is 0 Å². The van der Waals surface area contributed by atoms with Crippen LogP contribution < -0.4 is 5.32 Å². The van der Waals surface area contributed by atoms with Gasteiger partial charge in [0.1, 0.15) is 4.21 Å². The van der Waals surface area contributed by atoms with Crippen molar-refractivity contribution in [3.8, 4) is 0 Å². The van der Waals surface area contributed by atoms with E-state index >= 15 is 0 Å². The average Bonchev–Trinajstić information content (AvgIpc) is 2.81. The summed E-state index contributed by atoms with van der Waals surface area (Å²) in [5, 5.41) is 3.09. The minimum atomic E-state index is -3.37. The maximum absolute atomic E-state index is 12.9. The predicted octanol–water partition coefficient (Wildman–Crippen LogP) is 2.98. The molecular weight excluding hydrogens is 304 g/mol. The van der Waals surface area contributed by atoms with Crippen molar-refractivity contribution < 1.29 is 8.42 Å². The number of sulfonamides is 1. The summed E-state index contributed by atoms with van der Waals surface area (Å²) in [4.78, 5) is 1.10. The van der Waals surface area contributed by atoms with Crippen LogP contribution in [0.5, 0.6) is 0 Å². The second-order valence-corrected chi connectivity index (χ2v) is 9.41. The van der Waals surface area contributed by atoms with Crippen LogP contribution in [-0.4, -0.2) is 32.9 Å². The molecule has 1 heterocycles. The SMILES string of the molecule is CNCc1sc(S(=O)(=O)N(C)C2CCCCC2C)cc1C. The van der Waals surface area contributed by atoms with E-state index in [-0.39, 0.29) is 6.04 Å². The molecule has 1 aliphatic rings. The highest BCUT2D eigenvalue weighted by Crippen LogP contribution is 2.33. The number of nitrogens with zero attached hydrogens (tertiary/aromatic N) is 1. The molecule has 0 amide bonds. The molecule has 21 heavy (non-hydrogen) atoms. The molecular formula is C15H26N2O2S2. The Morgan fingerprint density at radius 1 is 1.38 bits per heavy atom. The minimum Gasteiger partial charge on any atom is -0.315 e. The smallest absolute Gasteiger partial charge is 0.252 e. The Kier molecular flexibility index (Phi) is 5.46. The Labute approximate surface area is 132 Å². The molecule has 0 radical (unpaired) electrons. The Morgan fingerprint density at radius 3 is 2.67 bits per heavy atom. The van der Waals surface area contributed by atoms with Gasteiger partial charge in [0.2, 0.25) is 0 Å². The highest BCUT2D eigenvalue weighted by Gasteiger charge is 2.34. The molecule has 0 spiro atoms. The van der Waals surface area contributed by atoms with Crippen LogP contribution in [0.15, 0.2) is 10.3 Å². The van der Waals surface area contributed by atoms with Crippen molar-refractivity contribution in [2.45, 2.75) is 56.3 Å². The first-order valence-electron chi connectivity index (χ1n) is 7.60. The van der Waals surface area contributed by atoms with E-state index in [1.165, 1.54) is 17.8 Å². The van der Waals surface area contributed by atoms with E-state index in [0.29, 0.717) is 10.1 Å². The Hall–Kier alpha value is -0.430. The van der Waals surface area contributed by atoms with E-state index in [1.54, 1.807) is 11.4 Å². The zero-order valence-corrected chi connectivity index (χ0v) is 15.0. The molecule has 0 aliphatic heterocycles. The van der Waals surface area contributed by atoms with Gasteiger partial charge >= 0.3 is 0 Å². The van der Waals surface area contributed by atoms with Gasteiger partial charge in [-0.15, -0.1) is 11.3 Å². The van der Waals surface area contributed by atoms with Crippen molar-refractivity contribution in [2.24, 2.45) is 5.92 Å². The van der Waals surface area contributed by atoms with Gasteiger partial charge < -0.3 is 5.32 Å². The first kappa shape index (κ1) is 16.9. The highest BCUT2D eigenvalue weighted by molar-refractivity contribution is 7.91. The summed E-state index contributed by atoms with van der Waals surface area (Å²) in [6.07, 6.45) is 4.45. The quantitative estimate of drug-likeness (QED) is 0.903. The van der Waals surface area contributed by atoms with E-state index in [0.717, 1.165) is 36.2 Å². The molecule has 2 rings (SSSR count). The fourth-order valence-corrected chi connectivity index (χ4v) is 6.38. The Balaban J connectivity index is 2.26. The van der Waals surface area contributed by atoms with Gasteiger partial charge in [-0.1, -0.05) is 19.8 Å². The second kappa shape index (κ2) is 6.77. The Bertz CT molecular complexity index is 580. The maximum Gasteiger partial charge on any atom is 0.252 e. The van der Waals surface area contributed by atoms with Gasteiger partial charge in [0.05, 0.1) is 0 Å². The molecule has 2 atom stereocenters. The van der Waals surface area contributed by atoms with E-state index in [1.807, 2.05) is 20.0 Å². The van der Waals surface area contributed by atoms with Crippen molar-refractivity contribution in [2.75, 3.05) is 14.1 Å². The average molecular weight is 331 g/mol. The zero-order chi connectivity index (χ0) is 15.6. The van der Waals surface area contributed by atoms with Gasteiger partial charge in [-0.2, -0.15) is 4.31 Å². The normalized spacial score (nSPS) is 23.7. The van der Waals surface area contributed by atoms with Crippen molar-refractivity contribution in [3.63, 3.8) is 0 Å². The summed E-state index contributed by atoms with van der Waals surface area (Å²) in [5.41, 5.74) is 1.05. The van der Waals surface area contributed by atoms with Gasteiger partial charge in [0, 0.05) is 24.5 Å². The summed E-state index contributed by atoms with van der Waals surface area (Å²) in [6, 6.07) is 1.95. The van der Waals surface area contributed by atoms with Gasteiger partial charge in [-0.05, 0) is 44.4 Å². The van der Waals surface area contributed by atoms with Crippen LogP contribution in [0.3, 0.4) is 0 Å². The highest BCUT2D eigenvalue weighted by atomic mass is 32.2. The van der Waals surface area contributed by atoms with Crippen molar-refractivity contribution in [1.82, 2.24) is 9.62 Å². The lowest BCUT2D eigenvalue weighted by molar-refractivity contribution is 0.213. The van der Waals surface area contributed by atoms with Gasteiger partial charge in [0.25, 0.3) is 10.0 Å². The number of thiophene rings is 1. The molecule has 1 aromatic heterocycles. The molecule has 0 saturated heterocycles. The van der Waals surface area contributed by atoms with E-state index in [4.69, 9.17) is 0 Å². The minimum absolute atomic E-state index is 0.138. The third kappa shape index (κ3) is 3.50. The van der Waals surface area contributed by atoms with Crippen molar-refractivity contribution in [3.05, 3.63) is 16.5 Å². The summed E-state index contributed by atoms with van der Waals surface area (Å²) in [6.45, 7) is 4.86. The molecule has 1 N–H and O–H groups in total. The zero-order valence-electron chi connectivity index (χ0n) is 13.3. The molecule has 1 saturated carbocycles. The van der Waals surface area contributed by atoms with Crippen LogP contribution in [-0.2, 0) is 16.6 Å². The number of hydrogen-bond donors (Lipinski definition) is 1. The van der Waals surface area contributed by atoms with Gasteiger partial charge in [-0.25, -0.2) is 8.42 Å². The number of hydrogen-bond acceptors (Lipinski definition) is 4. The second-order valence-electron chi connectivity index (χ2n) is 6.05. The van der Waals surface area contributed by atoms with Crippen LogP contribution in [0, 0.1) is 12.8 Å². The molecule has 0 bridgehead atoms. The molecule has 2 unspecified atom stereocenters. The van der Waals surface area contributed by atoms with Crippen LogP contribution in [0.25, 0.3) is 0 Å². The summed E-state index contributed by atoms with van der Waals surface area (Å²) in [7, 11) is 0.255. The van der Waals surface area contributed by atoms with Crippen LogP contribution >= 0.6 is 11.3 Å². The topological polar surface area (TPSA) is 49.4 Å². The standard InChI is InChI=1S/C15H26N2O2S2/c1-11-7-5-6-8-13(11)17(4)21(18,19)15-9-12(2)14(20-15)10-16-3/h9,11,13,16H,5-8,10H2,1-4H3.